The molecule has 4 heterocycles. The quantitative estimate of drug-likeness (QED) is 0.572. The van der Waals surface area contributed by atoms with Gasteiger partial charge in [-0.05, 0) is 18.2 Å². The van der Waals surface area contributed by atoms with Gasteiger partial charge in [-0.3, -0.25) is 0 Å². The molecule has 0 unspecified atom stereocenters. The van der Waals surface area contributed by atoms with Gasteiger partial charge >= 0.3 is 6.01 Å². The number of nitrogens with zero attached hydrogens (tertiary/aromatic N) is 6. The third-order valence-electron chi connectivity index (χ3n) is 3.61. The van der Waals surface area contributed by atoms with Crippen LogP contribution in [0.25, 0.3) is 22.6 Å². The molecular weight excluding hydrogens is 308 g/mol. The smallest absolute Gasteiger partial charge is 0.319 e. The molecule has 4 aromatic rings. The van der Waals surface area contributed by atoms with E-state index < -0.39 is 0 Å². The summed E-state index contributed by atoms with van der Waals surface area (Å²) in [6.45, 7) is 0. The summed E-state index contributed by atoms with van der Waals surface area (Å²) in [5.41, 5.74) is 2.99. The van der Waals surface area contributed by atoms with Crippen molar-refractivity contribution in [2.75, 3.05) is 14.2 Å². The average Bonchev–Trinajstić information content (AvgIpc) is 3.31. The predicted molar refractivity (Wildman–Crippen MR) is 86.4 cm³/mol. The zero-order chi connectivity index (χ0) is 16.5. The standard InChI is InChI=1S/C16H14N6O2/c1-23-15-11(10-18-16(19-15)24-2)12-9-13(21-6-3-4-7-21)14-17-5-8-22(14)20-12/h3-10H,1-2H3. The Labute approximate surface area is 137 Å². The maximum Gasteiger partial charge on any atom is 0.319 e. The van der Waals surface area contributed by atoms with Crippen LogP contribution in [0, 0.1) is 0 Å². The molecule has 0 saturated carbocycles. The van der Waals surface area contributed by atoms with E-state index in [1.807, 2.05) is 35.2 Å². The fourth-order valence-electron chi connectivity index (χ4n) is 2.50. The number of rotatable bonds is 4. The van der Waals surface area contributed by atoms with Crippen LogP contribution in [0.1, 0.15) is 0 Å². The zero-order valence-electron chi connectivity index (χ0n) is 13.1. The first kappa shape index (κ1) is 14.2. The van der Waals surface area contributed by atoms with Crippen molar-refractivity contribution in [2.24, 2.45) is 0 Å². The second-order valence-corrected chi connectivity index (χ2v) is 4.98. The molecule has 0 saturated heterocycles. The molecular formula is C16H14N6O2. The number of ether oxygens (including phenoxy) is 2. The van der Waals surface area contributed by atoms with E-state index in [9.17, 15) is 0 Å². The number of aromatic nitrogens is 6. The molecule has 120 valence electrons. The van der Waals surface area contributed by atoms with Crippen LogP contribution in [0.4, 0.5) is 0 Å². The SMILES string of the molecule is COc1ncc(-c2cc(-n3cccc3)c3nccn3n2)c(OC)n1. The molecule has 0 radical (unpaired) electrons. The highest BCUT2D eigenvalue weighted by Crippen LogP contribution is 2.29. The van der Waals surface area contributed by atoms with Crippen molar-refractivity contribution < 1.29 is 9.47 Å². The second kappa shape index (κ2) is 5.65. The van der Waals surface area contributed by atoms with Crippen LogP contribution in [0.3, 0.4) is 0 Å². The highest BCUT2D eigenvalue weighted by atomic mass is 16.5. The van der Waals surface area contributed by atoms with Gasteiger partial charge in [-0.25, -0.2) is 14.5 Å². The fraction of sp³-hybridized carbons (Fsp3) is 0.125. The van der Waals surface area contributed by atoms with Crippen LogP contribution in [-0.4, -0.2) is 43.4 Å². The van der Waals surface area contributed by atoms with Gasteiger partial charge in [0.15, 0.2) is 5.65 Å². The molecule has 24 heavy (non-hydrogen) atoms. The number of imidazole rings is 1. The van der Waals surface area contributed by atoms with Gasteiger partial charge in [0.25, 0.3) is 0 Å². The van der Waals surface area contributed by atoms with Gasteiger partial charge in [0.2, 0.25) is 5.88 Å². The first-order chi connectivity index (χ1) is 11.8. The summed E-state index contributed by atoms with van der Waals surface area (Å²) in [5, 5.41) is 4.58. The molecule has 8 nitrogen and oxygen atoms in total. The first-order valence-electron chi connectivity index (χ1n) is 7.23. The normalized spacial score (nSPS) is 10.9. The average molecular weight is 322 g/mol. The highest BCUT2D eigenvalue weighted by molar-refractivity contribution is 5.70. The van der Waals surface area contributed by atoms with E-state index in [0.717, 1.165) is 11.3 Å². The third-order valence-corrected chi connectivity index (χ3v) is 3.61. The zero-order valence-corrected chi connectivity index (χ0v) is 13.1. The molecule has 8 heteroatoms. The Kier molecular flexibility index (Phi) is 3.34. The van der Waals surface area contributed by atoms with E-state index in [1.165, 1.54) is 7.11 Å². The Hall–Kier alpha value is -3.42. The van der Waals surface area contributed by atoms with Crippen molar-refractivity contribution in [3.63, 3.8) is 0 Å². The third kappa shape index (κ3) is 2.24. The molecule has 4 rings (SSSR count). The predicted octanol–water partition coefficient (Wildman–Crippen LogP) is 1.99. The topological polar surface area (TPSA) is 79.4 Å². The van der Waals surface area contributed by atoms with Crippen molar-refractivity contribution in [3.8, 4) is 28.8 Å². The van der Waals surface area contributed by atoms with E-state index in [0.29, 0.717) is 17.1 Å². The molecule has 0 aromatic carbocycles. The van der Waals surface area contributed by atoms with E-state index >= 15 is 0 Å². The lowest BCUT2D eigenvalue weighted by Gasteiger charge is -2.11. The van der Waals surface area contributed by atoms with Crippen molar-refractivity contribution >= 4 is 5.65 Å². The van der Waals surface area contributed by atoms with Crippen LogP contribution in [0.5, 0.6) is 11.9 Å². The minimum absolute atomic E-state index is 0.241. The monoisotopic (exact) mass is 322 g/mol. The van der Waals surface area contributed by atoms with Crippen LogP contribution >= 0.6 is 0 Å². The maximum atomic E-state index is 5.36. The Morgan fingerprint density at radius 2 is 1.83 bits per heavy atom. The lowest BCUT2D eigenvalue weighted by molar-refractivity contribution is 0.353. The molecule has 0 spiro atoms. The summed E-state index contributed by atoms with van der Waals surface area (Å²) in [5.74, 6) is 0.396. The molecule has 0 aliphatic rings. The fourth-order valence-corrected chi connectivity index (χ4v) is 2.50. The van der Waals surface area contributed by atoms with Gasteiger partial charge in [0.05, 0.1) is 25.5 Å². The van der Waals surface area contributed by atoms with Crippen molar-refractivity contribution in [2.45, 2.75) is 0 Å². The summed E-state index contributed by atoms with van der Waals surface area (Å²) in [6, 6.07) is 6.08. The van der Waals surface area contributed by atoms with Gasteiger partial charge in [-0.15, -0.1) is 0 Å². The van der Waals surface area contributed by atoms with Gasteiger partial charge in [-0.2, -0.15) is 10.1 Å². The van der Waals surface area contributed by atoms with Crippen molar-refractivity contribution in [1.82, 2.24) is 29.1 Å². The Bertz CT molecular complexity index is 993. The summed E-state index contributed by atoms with van der Waals surface area (Å²) in [6.07, 6.45) is 9.05. The van der Waals surface area contributed by atoms with E-state index in [-0.39, 0.29) is 6.01 Å². The Morgan fingerprint density at radius 1 is 1.00 bits per heavy atom. The molecule has 0 atom stereocenters. The first-order valence-corrected chi connectivity index (χ1v) is 7.23. The summed E-state index contributed by atoms with van der Waals surface area (Å²) in [7, 11) is 3.06. The van der Waals surface area contributed by atoms with Gasteiger partial charge in [0.1, 0.15) is 5.69 Å². The van der Waals surface area contributed by atoms with Crippen LogP contribution in [-0.2, 0) is 0 Å². The van der Waals surface area contributed by atoms with E-state index in [4.69, 9.17) is 9.47 Å². The maximum absolute atomic E-state index is 5.36. The minimum atomic E-state index is 0.241. The summed E-state index contributed by atoms with van der Waals surface area (Å²) >= 11 is 0. The minimum Gasteiger partial charge on any atom is -0.480 e. The number of methoxy groups -OCH3 is 2. The molecule has 4 aromatic heterocycles. The van der Waals surface area contributed by atoms with Crippen molar-refractivity contribution in [3.05, 3.63) is 49.2 Å². The molecule has 0 N–H and O–H groups in total. The van der Waals surface area contributed by atoms with Crippen molar-refractivity contribution in [1.29, 1.82) is 0 Å². The Balaban J connectivity index is 1.95. The van der Waals surface area contributed by atoms with Crippen LogP contribution in [0.15, 0.2) is 49.2 Å². The van der Waals surface area contributed by atoms with E-state index in [2.05, 4.69) is 20.1 Å². The summed E-state index contributed by atoms with van der Waals surface area (Å²) in [4.78, 5) is 12.8. The number of fused-ring (bicyclic) bond motifs is 1. The molecule has 0 amide bonds. The molecule has 0 fully saturated rings. The number of hydrogen-bond donors (Lipinski definition) is 0. The highest BCUT2D eigenvalue weighted by Gasteiger charge is 2.15. The largest absolute Gasteiger partial charge is 0.480 e. The van der Waals surface area contributed by atoms with Gasteiger partial charge in [0, 0.05) is 31.0 Å². The lowest BCUT2D eigenvalue weighted by atomic mass is 10.2. The second-order valence-electron chi connectivity index (χ2n) is 4.98. The molecule has 0 aliphatic heterocycles. The van der Waals surface area contributed by atoms with Gasteiger partial charge < -0.3 is 14.0 Å². The molecule has 0 aliphatic carbocycles. The van der Waals surface area contributed by atoms with Gasteiger partial charge in [-0.1, -0.05) is 0 Å². The van der Waals surface area contributed by atoms with Crippen LogP contribution < -0.4 is 9.47 Å². The number of hydrogen-bond acceptors (Lipinski definition) is 6. The lowest BCUT2D eigenvalue weighted by Crippen LogP contribution is -2.03. The molecule has 0 bridgehead atoms. The Morgan fingerprint density at radius 3 is 2.58 bits per heavy atom. The summed E-state index contributed by atoms with van der Waals surface area (Å²) < 4.78 is 14.1. The van der Waals surface area contributed by atoms with E-state index in [1.54, 1.807) is 30.2 Å². The van der Waals surface area contributed by atoms with Crippen LogP contribution in [0.2, 0.25) is 0 Å².